The Morgan fingerprint density at radius 3 is 2.67 bits per heavy atom. The van der Waals surface area contributed by atoms with E-state index in [0.717, 1.165) is 61.7 Å². The van der Waals surface area contributed by atoms with Gasteiger partial charge < -0.3 is 14.8 Å². The molecular weight excluding hydrogens is 340 g/mol. The molecule has 1 aliphatic rings. The van der Waals surface area contributed by atoms with E-state index in [0.29, 0.717) is 0 Å². The largest absolute Gasteiger partial charge is 0.322 e. The van der Waals surface area contributed by atoms with Crippen molar-refractivity contribution in [3.63, 3.8) is 0 Å². The summed E-state index contributed by atoms with van der Waals surface area (Å²) in [5, 5.41) is 3.02. The minimum atomic E-state index is -0.0197. The molecule has 7 nitrogen and oxygen atoms in total. The number of aryl methyl sites for hydroxylation is 1. The second kappa shape index (κ2) is 7.75. The molecule has 7 heteroatoms. The van der Waals surface area contributed by atoms with Crippen LogP contribution in [0.2, 0.25) is 0 Å². The van der Waals surface area contributed by atoms with Crippen molar-refractivity contribution >= 4 is 22.9 Å². The Morgan fingerprint density at radius 1 is 1.04 bits per heavy atom. The number of benzene rings is 1. The lowest BCUT2D eigenvalue weighted by Crippen LogP contribution is -2.50. The van der Waals surface area contributed by atoms with Crippen molar-refractivity contribution in [2.24, 2.45) is 0 Å². The number of imidazole rings is 1. The van der Waals surface area contributed by atoms with Crippen LogP contribution in [0.15, 0.2) is 48.9 Å². The van der Waals surface area contributed by atoms with Gasteiger partial charge in [-0.1, -0.05) is 18.2 Å². The highest BCUT2D eigenvalue weighted by atomic mass is 16.2. The van der Waals surface area contributed by atoms with Gasteiger partial charge in [-0.3, -0.25) is 4.90 Å². The molecule has 3 heterocycles. The molecule has 1 aromatic carbocycles. The van der Waals surface area contributed by atoms with Gasteiger partial charge in [0.05, 0.1) is 6.33 Å². The average molecular weight is 364 g/mol. The number of rotatable bonds is 4. The van der Waals surface area contributed by atoms with Crippen molar-refractivity contribution in [1.82, 2.24) is 24.3 Å². The molecule has 0 unspecified atom stereocenters. The molecule has 3 aromatic rings. The maximum Gasteiger partial charge on any atom is 0.321 e. The van der Waals surface area contributed by atoms with E-state index in [9.17, 15) is 4.79 Å². The number of para-hydroxylation sites is 1. The molecule has 1 aliphatic heterocycles. The van der Waals surface area contributed by atoms with Crippen LogP contribution < -0.4 is 5.32 Å². The molecule has 0 bridgehead atoms. The number of anilines is 1. The van der Waals surface area contributed by atoms with Gasteiger partial charge >= 0.3 is 6.03 Å². The predicted octanol–water partition coefficient (Wildman–Crippen LogP) is 2.59. The zero-order chi connectivity index (χ0) is 18.6. The number of carbonyl (C=O) groups is 1. The lowest BCUT2D eigenvalue weighted by Gasteiger charge is -2.34. The summed E-state index contributed by atoms with van der Waals surface area (Å²) in [7, 11) is 0. The van der Waals surface area contributed by atoms with E-state index in [4.69, 9.17) is 0 Å². The topological polar surface area (TPSA) is 66.3 Å². The molecule has 2 amide bonds. The SMILES string of the molecule is Cc1ccccc1NC(=O)N1CCN(CCn2cnc3cccnc32)CC1. The van der Waals surface area contributed by atoms with Crippen LogP contribution >= 0.6 is 0 Å². The summed E-state index contributed by atoms with van der Waals surface area (Å²) < 4.78 is 2.09. The molecule has 0 aliphatic carbocycles. The number of amides is 2. The first kappa shape index (κ1) is 17.5. The van der Waals surface area contributed by atoms with Crippen molar-refractivity contribution in [1.29, 1.82) is 0 Å². The van der Waals surface area contributed by atoms with Crippen LogP contribution in [0.25, 0.3) is 11.2 Å². The van der Waals surface area contributed by atoms with Gasteiger partial charge in [-0.15, -0.1) is 0 Å². The lowest BCUT2D eigenvalue weighted by atomic mass is 10.2. The van der Waals surface area contributed by atoms with Crippen LogP contribution in [0, 0.1) is 6.92 Å². The highest BCUT2D eigenvalue weighted by molar-refractivity contribution is 5.90. The summed E-state index contributed by atoms with van der Waals surface area (Å²) in [6.45, 7) is 7.00. The number of nitrogens with zero attached hydrogens (tertiary/aromatic N) is 5. The van der Waals surface area contributed by atoms with Crippen LogP contribution in [-0.4, -0.2) is 63.1 Å². The second-order valence-corrected chi connectivity index (χ2v) is 6.86. The molecule has 140 valence electrons. The third kappa shape index (κ3) is 3.93. The van der Waals surface area contributed by atoms with Gasteiger partial charge in [0.2, 0.25) is 0 Å². The lowest BCUT2D eigenvalue weighted by molar-refractivity contribution is 0.144. The van der Waals surface area contributed by atoms with Crippen molar-refractivity contribution in [2.45, 2.75) is 13.5 Å². The number of nitrogens with one attached hydrogen (secondary N) is 1. The van der Waals surface area contributed by atoms with Gasteiger partial charge in [0.1, 0.15) is 5.52 Å². The van der Waals surface area contributed by atoms with E-state index in [1.807, 2.05) is 54.5 Å². The Balaban J connectivity index is 1.27. The van der Waals surface area contributed by atoms with E-state index in [-0.39, 0.29) is 6.03 Å². The van der Waals surface area contributed by atoms with Gasteiger partial charge in [0, 0.05) is 51.2 Å². The first-order valence-corrected chi connectivity index (χ1v) is 9.30. The summed E-state index contributed by atoms with van der Waals surface area (Å²) in [4.78, 5) is 25.6. The van der Waals surface area contributed by atoms with Crippen LogP contribution in [-0.2, 0) is 6.54 Å². The molecule has 1 fully saturated rings. The van der Waals surface area contributed by atoms with Gasteiger partial charge in [-0.2, -0.15) is 0 Å². The van der Waals surface area contributed by atoms with E-state index < -0.39 is 0 Å². The number of urea groups is 1. The Kier molecular flexibility index (Phi) is 5.02. The third-order valence-corrected chi connectivity index (χ3v) is 5.08. The first-order chi connectivity index (χ1) is 13.2. The fraction of sp³-hybridized carbons (Fsp3) is 0.350. The molecule has 1 saturated heterocycles. The van der Waals surface area contributed by atoms with E-state index in [1.165, 1.54) is 0 Å². The Bertz CT molecular complexity index is 929. The Labute approximate surface area is 158 Å². The summed E-state index contributed by atoms with van der Waals surface area (Å²) >= 11 is 0. The summed E-state index contributed by atoms with van der Waals surface area (Å²) in [6, 6.07) is 11.7. The van der Waals surface area contributed by atoms with E-state index in [1.54, 1.807) is 6.20 Å². The predicted molar refractivity (Wildman–Crippen MR) is 106 cm³/mol. The maximum absolute atomic E-state index is 12.5. The van der Waals surface area contributed by atoms with Crippen LogP contribution in [0.3, 0.4) is 0 Å². The fourth-order valence-electron chi connectivity index (χ4n) is 3.39. The molecule has 27 heavy (non-hydrogen) atoms. The van der Waals surface area contributed by atoms with Crippen molar-refractivity contribution in [2.75, 3.05) is 38.0 Å². The number of aromatic nitrogens is 3. The summed E-state index contributed by atoms with van der Waals surface area (Å²) in [5.74, 6) is 0. The standard InChI is InChI=1S/C20H24N6O/c1-16-5-2-3-6-17(16)23-20(27)25-12-9-24(10-13-25)11-14-26-15-22-18-7-4-8-21-19(18)26/h2-8,15H,9-14H2,1H3,(H,23,27). The van der Waals surface area contributed by atoms with Gasteiger partial charge in [0.15, 0.2) is 5.65 Å². The number of pyridine rings is 1. The van der Waals surface area contributed by atoms with Crippen molar-refractivity contribution in [3.05, 3.63) is 54.5 Å². The van der Waals surface area contributed by atoms with Crippen LogP contribution in [0.1, 0.15) is 5.56 Å². The minimum Gasteiger partial charge on any atom is -0.322 e. The van der Waals surface area contributed by atoms with Gasteiger partial charge in [-0.25, -0.2) is 14.8 Å². The number of piperazine rings is 1. The van der Waals surface area contributed by atoms with Crippen LogP contribution in [0.5, 0.6) is 0 Å². The molecule has 0 atom stereocenters. The normalized spacial score (nSPS) is 15.2. The number of hydrogen-bond donors (Lipinski definition) is 1. The van der Waals surface area contributed by atoms with E-state index in [2.05, 4.69) is 24.8 Å². The summed E-state index contributed by atoms with van der Waals surface area (Å²) in [5.41, 5.74) is 3.80. The molecule has 0 radical (unpaired) electrons. The van der Waals surface area contributed by atoms with Crippen molar-refractivity contribution < 1.29 is 4.79 Å². The second-order valence-electron chi connectivity index (χ2n) is 6.86. The number of hydrogen-bond acceptors (Lipinski definition) is 4. The van der Waals surface area contributed by atoms with Crippen LogP contribution in [0.4, 0.5) is 10.5 Å². The zero-order valence-electron chi connectivity index (χ0n) is 15.5. The minimum absolute atomic E-state index is 0.0197. The molecule has 2 aromatic heterocycles. The first-order valence-electron chi connectivity index (χ1n) is 9.30. The maximum atomic E-state index is 12.5. The van der Waals surface area contributed by atoms with Gasteiger partial charge in [0.25, 0.3) is 0 Å². The monoisotopic (exact) mass is 364 g/mol. The number of fused-ring (bicyclic) bond motifs is 1. The highest BCUT2D eigenvalue weighted by Gasteiger charge is 2.21. The van der Waals surface area contributed by atoms with E-state index >= 15 is 0 Å². The third-order valence-electron chi connectivity index (χ3n) is 5.08. The zero-order valence-corrected chi connectivity index (χ0v) is 15.5. The Morgan fingerprint density at radius 2 is 1.85 bits per heavy atom. The molecule has 4 rings (SSSR count). The molecule has 0 saturated carbocycles. The molecular formula is C20H24N6O. The fourth-order valence-corrected chi connectivity index (χ4v) is 3.39. The average Bonchev–Trinajstić information content (AvgIpc) is 3.12. The molecule has 0 spiro atoms. The summed E-state index contributed by atoms with van der Waals surface area (Å²) in [6.07, 6.45) is 3.65. The quantitative estimate of drug-likeness (QED) is 0.773. The highest BCUT2D eigenvalue weighted by Crippen LogP contribution is 2.15. The molecule has 1 N–H and O–H groups in total. The van der Waals surface area contributed by atoms with Gasteiger partial charge in [-0.05, 0) is 30.7 Å². The number of carbonyl (C=O) groups excluding carboxylic acids is 1. The Hall–Kier alpha value is -2.93. The smallest absolute Gasteiger partial charge is 0.321 e. The van der Waals surface area contributed by atoms with Crippen molar-refractivity contribution in [3.8, 4) is 0 Å².